The van der Waals surface area contributed by atoms with E-state index in [1.165, 1.54) is 51.4 Å². The maximum absolute atomic E-state index is 6.47. The first-order chi connectivity index (χ1) is 14.8. The summed E-state index contributed by atoms with van der Waals surface area (Å²) >= 11 is 0. The number of ether oxygens (including phenoxy) is 4. The average molecular weight is 418 g/mol. The van der Waals surface area contributed by atoms with Gasteiger partial charge in [-0.15, -0.1) is 0 Å². The van der Waals surface area contributed by atoms with Gasteiger partial charge in [0.05, 0.1) is 18.8 Å². The van der Waals surface area contributed by atoms with Crippen LogP contribution in [0.5, 0.6) is 0 Å². The number of hydrogen-bond acceptors (Lipinski definition) is 5. The second kappa shape index (κ2) is 11.1. The first kappa shape index (κ1) is 22.2. The van der Waals surface area contributed by atoms with Crippen molar-refractivity contribution in [2.75, 3.05) is 33.9 Å². The minimum atomic E-state index is -0.339. The molecule has 4 rings (SSSR count). The van der Waals surface area contributed by atoms with E-state index in [2.05, 4.69) is 17.0 Å². The largest absolute Gasteiger partial charge is 0.377 e. The highest BCUT2D eigenvalue weighted by Crippen LogP contribution is 2.35. The molecular weight excluding hydrogens is 378 g/mol. The highest BCUT2D eigenvalue weighted by atomic mass is 16.7. The fraction of sp³-hybridized carbons (Fsp3) is 0.760. The molecule has 1 aromatic carbocycles. The molecule has 5 atom stereocenters. The van der Waals surface area contributed by atoms with Crippen molar-refractivity contribution in [3.8, 4) is 0 Å². The van der Waals surface area contributed by atoms with Crippen molar-refractivity contribution in [1.82, 2.24) is 4.90 Å². The van der Waals surface area contributed by atoms with Crippen molar-refractivity contribution in [1.29, 1.82) is 0 Å². The van der Waals surface area contributed by atoms with E-state index < -0.39 is 0 Å². The Kier molecular flexibility index (Phi) is 8.19. The molecule has 3 fully saturated rings. The molecule has 5 heteroatoms. The van der Waals surface area contributed by atoms with Crippen molar-refractivity contribution in [2.24, 2.45) is 5.92 Å². The van der Waals surface area contributed by atoms with Gasteiger partial charge in [-0.05, 0) is 18.9 Å². The lowest BCUT2D eigenvalue weighted by atomic mass is 9.85. The molecule has 0 amide bonds. The van der Waals surface area contributed by atoms with Crippen LogP contribution in [-0.2, 0) is 18.9 Å². The van der Waals surface area contributed by atoms with Crippen LogP contribution in [0, 0.1) is 5.92 Å². The zero-order valence-corrected chi connectivity index (χ0v) is 18.7. The van der Waals surface area contributed by atoms with Crippen molar-refractivity contribution in [3.05, 3.63) is 35.9 Å². The van der Waals surface area contributed by atoms with E-state index >= 15 is 0 Å². The van der Waals surface area contributed by atoms with E-state index in [1.54, 1.807) is 14.2 Å². The van der Waals surface area contributed by atoms with Crippen molar-refractivity contribution >= 4 is 0 Å². The molecule has 2 unspecified atom stereocenters. The summed E-state index contributed by atoms with van der Waals surface area (Å²) in [6, 6.07) is 10.4. The predicted molar refractivity (Wildman–Crippen MR) is 117 cm³/mol. The van der Waals surface area contributed by atoms with Crippen LogP contribution in [0.2, 0.25) is 0 Å². The van der Waals surface area contributed by atoms with Gasteiger partial charge < -0.3 is 18.9 Å². The normalized spacial score (nSPS) is 33.3. The minimum Gasteiger partial charge on any atom is -0.377 e. The van der Waals surface area contributed by atoms with Gasteiger partial charge in [0, 0.05) is 26.3 Å². The Morgan fingerprint density at radius 3 is 2.53 bits per heavy atom. The highest BCUT2D eigenvalue weighted by molar-refractivity contribution is 5.17. The summed E-state index contributed by atoms with van der Waals surface area (Å²) in [5, 5.41) is 0. The number of unbranched alkanes of at least 4 members (excludes halogenated alkanes) is 1. The van der Waals surface area contributed by atoms with Gasteiger partial charge in [0.25, 0.3) is 0 Å². The van der Waals surface area contributed by atoms with Gasteiger partial charge in [0.15, 0.2) is 6.29 Å². The topological polar surface area (TPSA) is 40.2 Å². The lowest BCUT2D eigenvalue weighted by molar-refractivity contribution is -0.292. The Labute approximate surface area is 182 Å². The van der Waals surface area contributed by atoms with Crippen LogP contribution in [0.1, 0.15) is 63.2 Å². The van der Waals surface area contributed by atoms with Crippen molar-refractivity contribution in [3.63, 3.8) is 0 Å². The molecule has 0 spiro atoms. The van der Waals surface area contributed by atoms with Crippen LogP contribution < -0.4 is 0 Å². The minimum absolute atomic E-state index is 0.0177. The third-order valence-electron chi connectivity index (χ3n) is 7.33. The second-order valence-corrected chi connectivity index (χ2v) is 9.21. The molecule has 0 N–H and O–H groups in total. The van der Waals surface area contributed by atoms with E-state index in [4.69, 9.17) is 18.9 Å². The van der Waals surface area contributed by atoms with Gasteiger partial charge in [-0.1, -0.05) is 75.3 Å². The van der Waals surface area contributed by atoms with Crippen LogP contribution in [0.4, 0.5) is 0 Å². The number of nitrogens with zero attached hydrogens (tertiary/aromatic N) is 1. The molecule has 1 aliphatic carbocycles. The third kappa shape index (κ3) is 5.25. The Balaban J connectivity index is 1.36. The second-order valence-electron chi connectivity index (χ2n) is 9.21. The molecule has 2 heterocycles. The maximum Gasteiger partial charge on any atom is 0.184 e. The fourth-order valence-corrected chi connectivity index (χ4v) is 5.61. The predicted octanol–water partition coefficient (Wildman–Crippen LogP) is 4.57. The Hall–Kier alpha value is -0.980. The SMILES string of the molecule is CO[C@@H]1[C@@H](OC)CN(CCCCC2CCCCC2)C2COC(c3ccccc3)O[C@H]21. The molecule has 2 saturated heterocycles. The molecule has 0 radical (unpaired) electrons. The number of methoxy groups -OCH3 is 2. The molecule has 0 bridgehead atoms. The summed E-state index contributed by atoms with van der Waals surface area (Å²) in [6.07, 6.45) is 10.7. The monoisotopic (exact) mass is 417 g/mol. The van der Waals surface area contributed by atoms with Gasteiger partial charge >= 0.3 is 0 Å². The first-order valence-corrected chi connectivity index (χ1v) is 11.9. The summed E-state index contributed by atoms with van der Waals surface area (Å²) in [5.74, 6) is 0.963. The van der Waals surface area contributed by atoms with Crippen LogP contribution >= 0.6 is 0 Å². The lowest BCUT2D eigenvalue weighted by Crippen LogP contribution is -2.66. The zero-order chi connectivity index (χ0) is 20.8. The molecular formula is C25H39NO4. The summed E-state index contributed by atoms with van der Waals surface area (Å²) in [6.45, 7) is 2.62. The summed E-state index contributed by atoms with van der Waals surface area (Å²) < 4.78 is 24.3. The molecule has 1 aromatic rings. The van der Waals surface area contributed by atoms with Crippen molar-refractivity contribution in [2.45, 2.75) is 82.0 Å². The van der Waals surface area contributed by atoms with Gasteiger partial charge in [-0.3, -0.25) is 4.90 Å². The highest BCUT2D eigenvalue weighted by Gasteiger charge is 2.48. The Morgan fingerprint density at radius 1 is 1.00 bits per heavy atom. The van der Waals surface area contributed by atoms with Crippen LogP contribution in [-0.4, -0.2) is 63.2 Å². The van der Waals surface area contributed by atoms with Crippen LogP contribution in [0.25, 0.3) is 0 Å². The average Bonchev–Trinajstić information content (AvgIpc) is 2.82. The molecule has 1 saturated carbocycles. The number of fused-ring (bicyclic) bond motifs is 1. The first-order valence-electron chi connectivity index (χ1n) is 11.9. The number of hydrogen-bond donors (Lipinski definition) is 0. The van der Waals surface area contributed by atoms with E-state index in [9.17, 15) is 0 Å². The molecule has 0 aromatic heterocycles. The molecule has 3 aliphatic rings. The molecule has 30 heavy (non-hydrogen) atoms. The van der Waals surface area contributed by atoms with E-state index in [0.717, 1.165) is 24.6 Å². The van der Waals surface area contributed by atoms with Gasteiger partial charge in [0.2, 0.25) is 0 Å². The Bertz CT molecular complexity index is 621. The van der Waals surface area contributed by atoms with Gasteiger partial charge in [-0.2, -0.15) is 0 Å². The summed E-state index contributed by atoms with van der Waals surface area (Å²) in [7, 11) is 3.55. The van der Waals surface area contributed by atoms with E-state index in [-0.39, 0.29) is 30.6 Å². The zero-order valence-electron chi connectivity index (χ0n) is 18.7. The number of benzene rings is 1. The molecule has 168 valence electrons. The van der Waals surface area contributed by atoms with E-state index in [0.29, 0.717) is 6.61 Å². The smallest absolute Gasteiger partial charge is 0.184 e. The quantitative estimate of drug-likeness (QED) is 0.580. The third-order valence-corrected chi connectivity index (χ3v) is 7.33. The van der Waals surface area contributed by atoms with Gasteiger partial charge in [-0.25, -0.2) is 0 Å². The number of likely N-dealkylation sites (tertiary alicyclic amines) is 1. The standard InChI is InChI=1S/C25H39NO4/c1-27-22-17-26(16-10-9-13-19-11-5-3-6-12-19)21-18-29-25(20-14-7-4-8-15-20)30-23(21)24(22)28-2/h4,7-8,14-15,19,21-25H,3,5-6,9-13,16-18H2,1-2H3/t21?,22-,23+,24+,25?/m0/s1. The van der Waals surface area contributed by atoms with Crippen LogP contribution in [0.3, 0.4) is 0 Å². The lowest BCUT2D eigenvalue weighted by Gasteiger charge is -2.51. The maximum atomic E-state index is 6.47. The van der Waals surface area contributed by atoms with E-state index in [1.807, 2.05) is 18.2 Å². The number of rotatable bonds is 8. The number of piperidine rings is 1. The molecule has 5 nitrogen and oxygen atoms in total. The summed E-state index contributed by atoms with van der Waals surface area (Å²) in [5.41, 5.74) is 1.06. The Morgan fingerprint density at radius 2 is 1.80 bits per heavy atom. The fourth-order valence-electron chi connectivity index (χ4n) is 5.61. The van der Waals surface area contributed by atoms with Crippen molar-refractivity contribution < 1.29 is 18.9 Å². The molecule has 2 aliphatic heterocycles. The van der Waals surface area contributed by atoms with Crippen LogP contribution in [0.15, 0.2) is 30.3 Å². The summed E-state index contributed by atoms with van der Waals surface area (Å²) in [4.78, 5) is 2.52. The van der Waals surface area contributed by atoms with Gasteiger partial charge in [0.1, 0.15) is 12.2 Å².